The molecule has 3 nitrogen and oxygen atoms in total. The van der Waals surface area contributed by atoms with E-state index < -0.39 is 11.6 Å². The second-order valence-corrected chi connectivity index (χ2v) is 7.89. The minimum Gasteiger partial charge on any atom is -0.348 e. The van der Waals surface area contributed by atoms with Gasteiger partial charge in [-0.3, -0.25) is 4.79 Å². The van der Waals surface area contributed by atoms with Crippen LogP contribution in [0, 0.1) is 11.6 Å². The molecule has 2 N–H and O–H groups in total. The lowest BCUT2D eigenvalue weighted by molar-refractivity contribution is -0.114. The van der Waals surface area contributed by atoms with E-state index >= 15 is 0 Å². The maximum Gasteiger partial charge on any atom is 0.221 e. The third kappa shape index (κ3) is 6.74. The SMILES string of the molecule is CC(=O)Nc1ccc(Br)c(Cl)c1F.CC(=S)Nc1ccc(Br)c(Cl)c1F. The Bertz CT molecular complexity index is 784. The number of halogens is 6. The molecule has 0 atom stereocenters. The fraction of sp³-hybridized carbons (Fsp3) is 0.125. The van der Waals surface area contributed by atoms with Gasteiger partial charge in [0.2, 0.25) is 5.91 Å². The quantitative estimate of drug-likeness (QED) is 0.308. The minimum absolute atomic E-state index is 0.0359. The number of rotatable bonds is 2. The van der Waals surface area contributed by atoms with E-state index in [0.717, 1.165) is 0 Å². The Morgan fingerprint density at radius 3 is 1.65 bits per heavy atom. The molecule has 0 aliphatic carbocycles. The van der Waals surface area contributed by atoms with E-state index in [-0.39, 0.29) is 21.6 Å². The Kier molecular flexibility index (Phi) is 9.40. The third-order valence-electron chi connectivity index (χ3n) is 2.69. The third-order valence-corrected chi connectivity index (χ3v) is 5.31. The van der Waals surface area contributed by atoms with Crippen LogP contribution < -0.4 is 10.6 Å². The molecule has 0 aliphatic heterocycles. The Morgan fingerprint density at radius 1 is 0.923 bits per heavy atom. The molecule has 0 radical (unpaired) electrons. The van der Waals surface area contributed by atoms with E-state index in [1.165, 1.54) is 13.0 Å². The summed E-state index contributed by atoms with van der Waals surface area (Å²) in [5, 5.41) is 5.04. The summed E-state index contributed by atoms with van der Waals surface area (Å²) in [6.07, 6.45) is 0. The molecule has 0 bridgehead atoms. The number of hydrogen-bond acceptors (Lipinski definition) is 2. The van der Waals surface area contributed by atoms with Crippen LogP contribution in [-0.4, -0.2) is 10.9 Å². The van der Waals surface area contributed by atoms with Gasteiger partial charge in [-0.05, 0) is 63.0 Å². The zero-order valence-electron chi connectivity index (χ0n) is 13.4. The van der Waals surface area contributed by atoms with Crippen molar-refractivity contribution in [2.24, 2.45) is 0 Å². The van der Waals surface area contributed by atoms with Crippen LogP contribution in [0.25, 0.3) is 0 Å². The van der Waals surface area contributed by atoms with Gasteiger partial charge in [0, 0.05) is 15.9 Å². The number of amides is 1. The zero-order valence-corrected chi connectivity index (χ0v) is 18.9. The van der Waals surface area contributed by atoms with E-state index in [1.54, 1.807) is 25.1 Å². The van der Waals surface area contributed by atoms with Crippen molar-refractivity contribution in [1.29, 1.82) is 0 Å². The molecule has 0 unspecified atom stereocenters. The number of anilines is 2. The summed E-state index contributed by atoms with van der Waals surface area (Å²) in [4.78, 5) is 11.1. The Hall–Kier alpha value is -0.800. The molecule has 0 fully saturated rings. The first-order valence-corrected chi connectivity index (χ1v) is 9.61. The summed E-state index contributed by atoms with van der Waals surface area (Å²) >= 11 is 22.2. The van der Waals surface area contributed by atoms with Crippen LogP contribution in [0.5, 0.6) is 0 Å². The first kappa shape index (κ1) is 23.2. The largest absolute Gasteiger partial charge is 0.348 e. The maximum absolute atomic E-state index is 13.3. The Labute approximate surface area is 181 Å². The average Bonchev–Trinajstić information content (AvgIpc) is 2.56. The predicted octanol–water partition coefficient (Wildman–Crippen LogP) is 7.20. The van der Waals surface area contributed by atoms with Crippen LogP contribution in [0.4, 0.5) is 20.2 Å². The summed E-state index contributed by atoms with van der Waals surface area (Å²) in [5.41, 5.74) is 0.376. The fourth-order valence-electron chi connectivity index (χ4n) is 1.62. The highest BCUT2D eigenvalue weighted by Gasteiger charge is 2.11. The van der Waals surface area contributed by atoms with Crippen molar-refractivity contribution in [3.05, 3.63) is 54.9 Å². The van der Waals surface area contributed by atoms with E-state index in [4.69, 9.17) is 35.4 Å². The van der Waals surface area contributed by atoms with Crippen molar-refractivity contribution in [3.63, 3.8) is 0 Å². The second-order valence-electron chi connectivity index (χ2n) is 4.81. The number of nitrogens with one attached hydrogen (secondary N) is 2. The fourth-order valence-corrected chi connectivity index (χ4v) is 2.68. The van der Waals surface area contributed by atoms with Gasteiger partial charge >= 0.3 is 0 Å². The highest BCUT2D eigenvalue weighted by atomic mass is 79.9. The van der Waals surface area contributed by atoms with Crippen LogP contribution in [0.1, 0.15) is 13.8 Å². The van der Waals surface area contributed by atoms with Gasteiger partial charge in [0.1, 0.15) is 0 Å². The van der Waals surface area contributed by atoms with Gasteiger partial charge in [0.05, 0.1) is 26.4 Å². The highest BCUT2D eigenvalue weighted by molar-refractivity contribution is 9.10. The first-order valence-electron chi connectivity index (χ1n) is 6.86. The lowest BCUT2D eigenvalue weighted by Crippen LogP contribution is -2.07. The van der Waals surface area contributed by atoms with Crippen molar-refractivity contribution < 1.29 is 13.6 Å². The number of benzene rings is 2. The van der Waals surface area contributed by atoms with Crippen LogP contribution in [0.15, 0.2) is 33.2 Å². The van der Waals surface area contributed by atoms with E-state index in [1.807, 2.05) is 0 Å². The van der Waals surface area contributed by atoms with E-state index in [0.29, 0.717) is 19.6 Å². The summed E-state index contributed by atoms with van der Waals surface area (Å²) in [7, 11) is 0. The molecule has 0 heterocycles. The molecule has 26 heavy (non-hydrogen) atoms. The summed E-state index contributed by atoms with van der Waals surface area (Å²) < 4.78 is 27.6. The Balaban J connectivity index is 0.000000260. The van der Waals surface area contributed by atoms with E-state index in [9.17, 15) is 13.6 Å². The minimum atomic E-state index is -0.633. The molecule has 0 saturated heterocycles. The molecule has 1 amide bonds. The molecule has 0 aromatic heterocycles. The first-order chi connectivity index (χ1) is 12.0. The number of thiocarbonyl (C=S) groups is 1. The molecule has 0 saturated carbocycles. The van der Waals surface area contributed by atoms with Gasteiger partial charge in [-0.25, -0.2) is 8.78 Å². The standard InChI is InChI=1S/C8H6BrClFNO.C8H6BrClFNS/c2*1-4(13)12-6-3-2-5(9)7(10)8(6)11/h2*2-3H,1H3,(H,12,13). The highest BCUT2D eigenvalue weighted by Crippen LogP contribution is 2.31. The van der Waals surface area contributed by atoms with Crippen molar-refractivity contribution >= 4 is 89.6 Å². The van der Waals surface area contributed by atoms with Gasteiger partial charge in [0.15, 0.2) is 11.6 Å². The van der Waals surface area contributed by atoms with Gasteiger partial charge in [-0.15, -0.1) is 0 Å². The van der Waals surface area contributed by atoms with Crippen molar-refractivity contribution in [1.82, 2.24) is 0 Å². The molecular formula is C16H12Br2Cl2F2N2OS. The lowest BCUT2D eigenvalue weighted by Gasteiger charge is -2.07. The van der Waals surface area contributed by atoms with Crippen molar-refractivity contribution in [2.45, 2.75) is 13.8 Å². The van der Waals surface area contributed by atoms with Gasteiger partial charge < -0.3 is 10.6 Å². The van der Waals surface area contributed by atoms with Gasteiger partial charge in [-0.1, -0.05) is 35.4 Å². The van der Waals surface area contributed by atoms with Gasteiger partial charge in [0.25, 0.3) is 0 Å². The van der Waals surface area contributed by atoms with Crippen LogP contribution in [-0.2, 0) is 4.79 Å². The molecule has 140 valence electrons. The average molecular weight is 549 g/mol. The van der Waals surface area contributed by atoms with Crippen molar-refractivity contribution in [2.75, 3.05) is 10.6 Å². The second kappa shape index (κ2) is 10.5. The summed E-state index contributed by atoms with van der Waals surface area (Å²) in [5.74, 6) is -1.47. The molecule has 0 spiro atoms. The number of carbonyl (C=O) groups is 1. The lowest BCUT2D eigenvalue weighted by atomic mass is 10.3. The number of hydrogen-bond donors (Lipinski definition) is 2. The normalized spacial score (nSPS) is 9.85. The molecular weight excluding hydrogens is 537 g/mol. The van der Waals surface area contributed by atoms with Crippen LogP contribution in [0.3, 0.4) is 0 Å². The smallest absolute Gasteiger partial charge is 0.221 e. The topological polar surface area (TPSA) is 41.1 Å². The molecule has 2 rings (SSSR count). The van der Waals surface area contributed by atoms with Gasteiger partial charge in [-0.2, -0.15) is 0 Å². The Morgan fingerprint density at radius 2 is 1.31 bits per heavy atom. The number of carbonyl (C=O) groups excluding carboxylic acids is 1. The molecule has 10 heteroatoms. The molecule has 2 aromatic rings. The monoisotopic (exact) mass is 546 g/mol. The molecule has 0 aliphatic rings. The zero-order chi connectivity index (χ0) is 20.0. The van der Waals surface area contributed by atoms with Crippen LogP contribution in [0.2, 0.25) is 10.0 Å². The van der Waals surface area contributed by atoms with E-state index in [2.05, 4.69) is 42.5 Å². The molecule has 2 aromatic carbocycles. The predicted molar refractivity (Wildman–Crippen MR) is 114 cm³/mol. The maximum atomic E-state index is 13.3. The summed E-state index contributed by atoms with van der Waals surface area (Å²) in [6, 6.07) is 6.23. The van der Waals surface area contributed by atoms with Crippen LogP contribution >= 0.6 is 67.3 Å². The summed E-state index contributed by atoms with van der Waals surface area (Å²) in [6.45, 7) is 2.97. The van der Waals surface area contributed by atoms with Crippen molar-refractivity contribution in [3.8, 4) is 0 Å².